The van der Waals surface area contributed by atoms with Crippen LogP contribution in [-0.4, -0.2) is 25.1 Å². The van der Waals surface area contributed by atoms with Crippen LogP contribution in [0.4, 0.5) is 0 Å². The van der Waals surface area contributed by atoms with Gasteiger partial charge in [-0.25, -0.2) is 0 Å². The fourth-order valence-electron chi connectivity index (χ4n) is 1.50. The number of benzene rings is 2. The van der Waals surface area contributed by atoms with E-state index in [0.717, 1.165) is 11.5 Å². The number of ether oxygens (including phenoxy) is 2. The monoisotopic (exact) mass is 274 g/mol. The Bertz CT molecular complexity index is 443. The largest absolute Gasteiger partial charge is 0.508 e. The molecule has 4 nitrogen and oxygen atoms in total. The number of hydrogen-bond donors (Lipinski definition) is 1. The van der Waals surface area contributed by atoms with Crippen LogP contribution in [-0.2, 0) is 4.79 Å². The SMILES string of the molecule is C=O.Cc1ccc(OCCOc2ccc(O)cc2)cc1. The molecule has 1 N–H and O–H groups in total. The minimum Gasteiger partial charge on any atom is -0.508 e. The van der Waals surface area contributed by atoms with Crippen molar-refractivity contribution in [3.8, 4) is 17.2 Å². The van der Waals surface area contributed by atoms with E-state index in [2.05, 4.69) is 0 Å². The lowest BCUT2D eigenvalue weighted by Gasteiger charge is -2.08. The Labute approximate surface area is 118 Å². The van der Waals surface area contributed by atoms with Crippen LogP contribution in [0.3, 0.4) is 0 Å². The number of rotatable bonds is 5. The molecule has 4 heteroatoms. The average molecular weight is 274 g/mol. The van der Waals surface area contributed by atoms with Crippen molar-refractivity contribution in [2.24, 2.45) is 0 Å². The van der Waals surface area contributed by atoms with Gasteiger partial charge >= 0.3 is 0 Å². The van der Waals surface area contributed by atoms with Gasteiger partial charge in [-0.15, -0.1) is 0 Å². The maximum absolute atomic E-state index is 9.12. The van der Waals surface area contributed by atoms with Crippen LogP contribution in [0.15, 0.2) is 48.5 Å². The van der Waals surface area contributed by atoms with Crippen LogP contribution in [0.25, 0.3) is 0 Å². The zero-order chi connectivity index (χ0) is 14.8. The summed E-state index contributed by atoms with van der Waals surface area (Å²) in [6.45, 7) is 5.00. The zero-order valence-electron chi connectivity index (χ0n) is 11.4. The first-order valence-electron chi connectivity index (χ1n) is 6.14. The smallest absolute Gasteiger partial charge is 0.122 e. The first kappa shape index (κ1) is 15.6. The second-order valence-corrected chi connectivity index (χ2v) is 4.00. The summed E-state index contributed by atoms with van der Waals surface area (Å²) in [7, 11) is 0. The van der Waals surface area contributed by atoms with E-state index in [-0.39, 0.29) is 5.75 Å². The van der Waals surface area contributed by atoms with Crippen molar-refractivity contribution in [2.45, 2.75) is 6.92 Å². The molecule has 0 spiro atoms. The quantitative estimate of drug-likeness (QED) is 0.852. The highest BCUT2D eigenvalue weighted by atomic mass is 16.5. The first-order valence-corrected chi connectivity index (χ1v) is 6.14. The molecule has 0 aromatic heterocycles. The summed E-state index contributed by atoms with van der Waals surface area (Å²) in [6, 6.07) is 14.5. The third-order valence-electron chi connectivity index (χ3n) is 2.48. The Kier molecular flexibility index (Phi) is 6.68. The number of carbonyl (C=O) groups is 1. The van der Waals surface area contributed by atoms with E-state index in [1.54, 1.807) is 24.3 Å². The van der Waals surface area contributed by atoms with Gasteiger partial charge in [0.2, 0.25) is 0 Å². The van der Waals surface area contributed by atoms with Crippen molar-refractivity contribution in [2.75, 3.05) is 13.2 Å². The van der Waals surface area contributed by atoms with Crippen LogP contribution in [0.1, 0.15) is 5.56 Å². The molecule has 106 valence electrons. The molecule has 0 radical (unpaired) electrons. The van der Waals surface area contributed by atoms with Crippen molar-refractivity contribution >= 4 is 6.79 Å². The summed E-state index contributed by atoms with van der Waals surface area (Å²) in [5, 5.41) is 9.12. The molecule has 0 aliphatic carbocycles. The molecule has 0 unspecified atom stereocenters. The highest BCUT2D eigenvalue weighted by molar-refractivity contribution is 5.30. The van der Waals surface area contributed by atoms with Crippen LogP contribution in [0, 0.1) is 6.92 Å². The Hall–Kier alpha value is -2.49. The Balaban J connectivity index is 0.000000956. The van der Waals surface area contributed by atoms with Crippen molar-refractivity contribution in [1.82, 2.24) is 0 Å². The van der Waals surface area contributed by atoms with Gasteiger partial charge in [0.15, 0.2) is 0 Å². The Morgan fingerprint density at radius 3 is 1.70 bits per heavy atom. The fraction of sp³-hybridized carbons (Fsp3) is 0.188. The summed E-state index contributed by atoms with van der Waals surface area (Å²) in [6.07, 6.45) is 0. The molecule has 0 fully saturated rings. The third-order valence-corrected chi connectivity index (χ3v) is 2.48. The lowest BCUT2D eigenvalue weighted by atomic mass is 10.2. The normalized spacial score (nSPS) is 9.25. The van der Waals surface area contributed by atoms with E-state index in [1.165, 1.54) is 5.56 Å². The van der Waals surface area contributed by atoms with E-state index in [1.807, 2.05) is 38.0 Å². The number of phenolic OH excluding ortho intramolecular Hbond substituents is 1. The molecule has 0 saturated carbocycles. The molecule has 20 heavy (non-hydrogen) atoms. The molecule has 0 aliphatic rings. The Morgan fingerprint density at radius 2 is 1.25 bits per heavy atom. The van der Waals surface area contributed by atoms with E-state index in [9.17, 15) is 0 Å². The van der Waals surface area contributed by atoms with Gasteiger partial charge in [-0.05, 0) is 43.3 Å². The van der Waals surface area contributed by atoms with Gasteiger partial charge < -0.3 is 19.4 Å². The molecule has 2 rings (SSSR count). The summed E-state index contributed by atoms with van der Waals surface area (Å²) in [5.74, 6) is 1.80. The summed E-state index contributed by atoms with van der Waals surface area (Å²) < 4.78 is 11.0. The van der Waals surface area contributed by atoms with Crippen molar-refractivity contribution in [1.29, 1.82) is 0 Å². The zero-order valence-corrected chi connectivity index (χ0v) is 11.4. The highest BCUT2D eigenvalue weighted by Gasteiger charge is 1.96. The van der Waals surface area contributed by atoms with Gasteiger partial charge in [0.05, 0.1) is 0 Å². The molecule has 0 atom stereocenters. The van der Waals surface area contributed by atoms with Gasteiger partial charge in [0.1, 0.15) is 37.3 Å². The van der Waals surface area contributed by atoms with Crippen LogP contribution in [0.5, 0.6) is 17.2 Å². The molecule has 0 saturated heterocycles. The van der Waals surface area contributed by atoms with Crippen molar-refractivity contribution in [3.63, 3.8) is 0 Å². The second kappa shape index (κ2) is 8.58. The van der Waals surface area contributed by atoms with E-state index in [4.69, 9.17) is 19.4 Å². The van der Waals surface area contributed by atoms with Gasteiger partial charge in [-0.1, -0.05) is 17.7 Å². The van der Waals surface area contributed by atoms with Gasteiger partial charge in [-0.2, -0.15) is 0 Å². The molecule has 0 amide bonds. The number of carbonyl (C=O) groups excluding carboxylic acids is 1. The standard InChI is InChI=1S/C15H16O3.CH2O/c1-12-2-6-14(7-3-12)17-10-11-18-15-8-4-13(16)5-9-15;1-2/h2-9,16H,10-11H2,1H3;1H2. The van der Waals surface area contributed by atoms with Gasteiger partial charge in [-0.3, -0.25) is 0 Å². The van der Waals surface area contributed by atoms with Crippen LogP contribution >= 0.6 is 0 Å². The second-order valence-electron chi connectivity index (χ2n) is 4.00. The highest BCUT2D eigenvalue weighted by Crippen LogP contribution is 2.16. The predicted octanol–water partition coefficient (Wildman–Crippen LogP) is 2.97. The lowest BCUT2D eigenvalue weighted by Crippen LogP contribution is -2.08. The summed E-state index contributed by atoms with van der Waals surface area (Å²) >= 11 is 0. The molecule has 0 bridgehead atoms. The van der Waals surface area contributed by atoms with E-state index in [0.29, 0.717) is 13.2 Å². The minimum absolute atomic E-state index is 0.234. The van der Waals surface area contributed by atoms with E-state index >= 15 is 0 Å². The van der Waals surface area contributed by atoms with Crippen LogP contribution < -0.4 is 9.47 Å². The molecule has 2 aromatic rings. The fourth-order valence-corrected chi connectivity index (χ4v) is 1.50. The number of hydrogen-bond acceptors (Lipinski definition) is 4. The summed E-state index contributed by atoms with van der Waals surface area (Å²) in [5.41, 5.74) is 1.21. The third kappa shape index (κ3) is 5.44. The number of aromatic hydroxyl groups is 1. The van der Waals surface area contributed by atoms with Crippen molar-refractivity contribution < 1.29 is 19.4 Å². The molecule has 0 aliphatic heterocycles. The summed E-state index contributed by atoms with van der Waals surface area (Å²) in [4.78, 5) is 8.00. The average Bonchev–Trinajstić information content (AvgIpc) is 2.49. The van der Waals surface area contributed by atoms with E-state index < -0.39 is 0 Å². The molecule has 2 aromatic carbocycles. The topological polar surface area (TPSA) is 55.8 Å². The first-order chi connectivity index (χ1) is 9.74. The predicted molar refractivity (Wildman–Crippen MR) is 77.4 cm³/mol. The molecule has 0 heterocycles. The number of phenols is 1. The van der Waals surface area contributed by atoms with Gasteiger partial charge in [0, 0.05) is 0 Å². The van der Waals surface area contributed by atoms with Crippen molar-refractivity contribution in [3.05, 3.63) is 54.1 Å². The lowest BCUT2D eigenvalue weighted by molar-refractivity contribution is -0.0979. The van der Waals surface area contributed by atoms with Crippen LogP contribution in [0.2, 0.25) is 0 Å². The molecular formula is C16H18O4. The Morgan fingerprint density at radius 1 is 0.850 bits per heavy atom. The maximum atomic E-state index is 9.12. The number of aryl methyl sites for hydroxylation is 1. The minimum atomic E-state index is 0.234. The van der Waals surface area contributed by atoms with Gasteiger partial charge in [0.25, 0.3) is 0 Å². The maximum Gasteiger partial charge on any atom is 0.122 e. The molecular weight excluding hydrogens is 256 g/mol.